The van der Waals surface area contributed by atoms with Crippen LogP contribution < -0.4 is 15.5 Å². The van der Waals surface area contributed by atoms with Gasteiger partial charge in [-0.1, -0.05) is 0 Å². The van der Waals surface area contributed by atoms with Crippen LogP contribution in [0.1, 0.15) is 11.4 Å². The Morgan fingerprint density at radius 1 is 1.21 bits per heavy atom. The molecule has 1 aliphatic heterocycles. The molecule has 0 spiro atoms. The van der Waals surface area contributed by atoms with E-state index in [0.29, 0.717) is 0 Å². The summed E-state index contributed by atoms with van der Waals surface area (Å²) in [7, 11) is 3.75. The quantitative estimate of drug-likeness (QED) is 0.786. The molecule has 0 bridgehead atoms. The van der Waals surface area contributed by atoms with Crippen LogP contribution in [0.25, 0.3) is 0 Å². The third-order valence-electron chi connectivity index (χ3n) is 2.65. The molecule has 0 atom stereocenters. The Bertz CT molecular complexity index is 351. The van der Waals surface area contributed by atoms with Crippen molar-refractivity contribution in [1.82, 2.24) is 15.6 Å². The molecule has 0 saturated carbocycles. The normalized spacial score (nSPS) is 13.8. The highest BCUT2D eigenvalue weighted by Gasteiger charge is 2.12. The van der Waals surface area contributed by atoms with E-state index in [2.05, 4.69) is 39.6 Å². The fourth-order valence-electron chi connectivity index (χ4n) is 1.92. The number of carbonyl (C=O) groups excluding carboxylic acids is 1. The van der Waals surface area contributed by atoms with Crippen molar-refractivity contribution in [3.63, 3.8) is 0 Å². The summed E-state index contributed by atoms with van der Waals surface area (Å²) < 4.78 is 0. The molecule has 2 heterocycles. The minimum atomic E-state index is 1.08. The van der Waals surface area contributed by atoms with Gasteiger partial charge in [0.25, 0.3) is 0 Å². The van der Waals surface area contributed by atoms with Gasteiger partial charge < -0.3 is 20.3 Å². The molecule has 0 radical (unpaired) electrons. The predicted molar refractivity (Wildman–Crippen MR) is 80.9 cm³/mol. The fourth-order valence-corrected chi connectivity index (χ4v) is 1.92. The van der Waals surface area contributed by atoms with Crippen LogP contribution in [0.5, 0.6) is 0 Å². The zero-order chi connectivity index (χ0) is 14.7. The number of pyridine rings is 1. The van der Waals surface area contributed by atoms with Crippen molar-refractivity contribution >= 4 is 12.5 Å². The maximum absolute atomic E-state index is 8.00. The van der Waals surface area contributed by atoms with Crippen LogP contribution in [0.2, 0.25) is 0 Å². The van der Waals surface area contributed by atoms with E-state index in [1.165, 1.54) is 5.69 Å². The second-order valence-electron chi connectivity index (χ2n) is 4.29. The van der Waals surface area contributed by atoms with Crippen molar-refractivity contribution in [1.29, 1.82) is 0 Å². The Morgan fingerprint density at radius 2 is 1.74 bits per heavy atom. The third kappa shape index (κ3) is 6.31. The lowest BCUT2D eigenvalue weighted by Crippen LogP contribution is -2.43. The Morgan fingerprint density at radius 3 is 2.21 bits per heavy atom. The molecular weight excluding hydrogens is 240 g/mol. The summed E-state index contributed by atoms with van der Waals surface area (Å²) in [6.45, 7) is 10.5. The van der Waals surface area contributed by atoms with E-state index in [9.17, 15) is 0 Å². The first-order valence-corrected chi connectivity index (χ1v) is 6.46. The van der Waals surface area contributed by atoms with Crippen molar-refractivity contribution in [2.45, 2.75) is 13.8 Å². The first kappa shape index (κ1) is 17.5. The van der Waals surface area contributed by atoms with Gasteiger partial charge in [-0.05, 0) is 40.1 Å². The van der Waals surface area contributed by atoms with Gasteiger partial charge in [0.15, 0.2) is 0 Å². The molecule has 5 heteroatoms. The molecule has 0 amide bonds. The van der Waals surface area contributed by atoms with Crippen LogP contribution in [0, 0.1) is 13.8 Å². The number of hydrogen-bond donors (Lipinski definition) is 2. The second kappa shape index (κ2) is 10.5. The molecule has 2 rings (SSSR count). The lowest BCUT2D eigenvalue weighted by molar-refractivity contribution is -0.0979. The van der Waals surface area contributed by atoms with Crippen LogP contribution in [0.4, 0.5) is 5.69 Å². The van der Waals surface area contributed by atoms with Crippen LogP contribution in [0.15, 0.2) is 12.1 Å². The number of piperazine rings is 1. The van der Waals surface area contributed by atoms with Crippen molar-refractivity contribution in [2.75, 3.05) is 45.2 Å². The monoisotopic (exact) mass is 266 g/mol. The number of anilines is 1. The summed E-state index contributed by atoms with van der Waals surface area (Å²) >= 11 is 0. The predicted octanol–water partition coefficient (Wildman–Crippen LogP) is 0.759. The largest absolute Gasteiger partial charge is 0.368 e. The molecule has 2 N–H and O–H groups in total. The average molecular weight is 266 g/mol. The maximum Gasteiger partial charge on any atom is 0.106 e. The second-order valence-corrected chi connectivity index (χ2v) is 4.29. The van der Waals surface area contributed by atoms with Crippen LogP contribution >= 0.6 is 0 Å². The topological polar surface area (TPSA) is 57.3 Å². The Hall–Kier alpha value is -1.46. The first-order chi connectivity index (χ1) is 9.19. The highest BCUT2D eigenvalue weighted by Crippen LogP contribution is 2.18. The third-order valence-corrected chi connectivity index (χ3v) is 2.65. The SMILES string of the molecule is C=O.CNC.Cc1ccc(N2CCNCC2)c(C)n1. The molecule has 1 saturated heterocycles. The number of nitrogens with one attached hydrogen (secondary N) is 2. The fraction of sp³-hybridized carbons (Fsp3) is 0.571. The first-order valence-electron chi connectivity index (χ1n) is 6.46. The van der Waals surface area contributed by atoms with Gasteiger partial charge in [0, 0.05) is 31.9 Å². The zero-order valence-corrected chi connectivity index (χ0v) is 12.5. The van der Waals surface area contributed by atoms with Crippen LogP contribution in [-0.2, 0) is 4.79 Å². The van der Waals surface area contributed by atoms with E-state index in [4.69, 9.17) is 4.79 Å². The van der Waals surface area contributed by atoms with E-state index in [0.717, 1.165) is 37.6 Å². The van der Waals surface area contributed by atoms with E-state index in [-0.39, 0.29) is 0 Å². The number of hydrogen-bond acceptors (Lipinski definition) is 5. The van der Waals surface area contributed by atoms with Crippen LogP contribution in [0.3, 0.4) is 0 Å². The van der Waals surface area contributed by atoms with Gasteiger partial charge in [-0.25, -0.2) is 0 Å². The molecule has 1 fully saturated rings. The van der Waals surface area contributed by atoms with E-state index in [1.54, 1.807) is 0 Å². The summed E-state index contributed by atoms with van der Waals surface area (Å²) in [4.78, 5) is 14.9. The highest BCUT2D eigenvalue weighted by molar-refractivity contribution is 5.51. The summed E-state index contributed by atoms with van der Waals surface area (Å²) in [6.07, 6.45) is 0. The van der Waals surface area contributed by atoms with E-state index in [1.807, 2.05) is 27.8 Å². The van der Waals surface area contributed by atoms with Gasteiger partial charge in [-0.2, -0.15) is 0 Å². The summed E-state index contributed by atoms with van der Waals surface area (Å²) in [6, 6.07) is 4.27. The smallest absolute Gasteiger partial charge is 0.106 e. The summed E-state index contributed by atoms with van der Waals surface area (Å²) in [5, 5.41) is 6.10. The molecule has 1 aromatic rings. The molecule has 108 valence electrons. The van der Waals surface area contributed by atoms with E-state index < -0.39 is 0 Å². The van der Waals surface area contributed by atoms with Crippen molar-refractivity contribution in [3.05, 3.63) is 23.5 Å². The number of rotatable bonds is 1. The molecule has 1 aromatic heterocycles. The number of nitrogens with zero attached hydrogens (tertiary/aromatic N) is 2. The molecule has 19 heavy (non-hydrogen) atoms. The molecular formula is C14H26N4O. The van der Waals surface area contributed by atoms with Gasteiger partial charge in [-0.15, -0.1) is 0 Å². The number of carbonyl (C=O) groups is 1. The van der Waals surface area contributed by atoms with Crippen molar-refractivity contribution in [2.24, 2.45) is 0 Å². The van der Waals surface area contributed by atoms with Crippen molar-refractivity contribution < 1.29 is 4.79 Å². The van der Waals surface area contributed by atoms with Gasteiger partial charge in [0.2, 0.25) is 0 Å². The van der Waals surface area contributed by atoms with Gasteiger partial charge >= 0.3 is 0 Å². The average Bonchev–Trinajstić information content (AvgIpc) is 2.43. The lowest BCUT2D eigenvalue weighted by atomic mass is 10.2. The van der Waals surface area contributed by atoms with Gasteiger partial charge in [0.1, 0.15) is 6.79 Å². The minimum absolute atomic E-state index is 1.08. The van der Waals surface area contributed by atoms with E-state index >= 15 is 0 Å². The lowest BCUT2D eigenvalue weighted by Gasteiger charge is -2.30. The number of aromatic nitrogens is 1. The molecule has 1 aliphatic rings. The van der Waals surface area contributed by atoms with Gasteiger partial charge in [-0.3, -0.25) is 4.98 Å². The minimum Gasteiger partial charge on any atom is -0.368 e. The zero-order valence-electron chi connectivity index (χ0n) is 12.5. The summed E-state index contributed by atoms with van der Waals surface area (Å²) in [5.74, 6) is 0. The Balaban J connectivity index is 0.000000573. The van der Waals surface area contributed by atoms with Gasteiger partial charge in [0.05, 0.1) is 11.4 Å². The molecule has 0 aromatic carbocycles. The molecule has 0 aliphatic carbocycles. The standard InChI is InChI=1S/C11H17N3.C2H7N.CH2O/c1-9-3-4-11(10(2)13-9)14-7-5-12-6-8-14;1-3-2;1-2/h3-4,12H,5-8H2,1-2H3;3H,1-2H3;1H2. The summed E-state index contributed by atoms with van der Waals surface area (Å²) in [5.41, 5.74) is 3.53. The Labute approximate surface area is 116 Å². The molecule has 0 unspecified atom stereocenters. The van der Waals surface area contributed by atoms with Crippen LogP contribution in [-0.4, -0.2) is 52.0 Å². The van der Waals surface area contributed by atoms with Crippen molar-refractivity contribution in [3.8, 4) is 0 Å². The molecule has 5 nitrogen and oxygen atoms in total. The Kier molecular flexibility index (Phi) is 9.66. The number of aryl methyl sites for hydroxylation is 2. The highest BCUT2D eigenvalue weighted by atomic mass is 16.1. The maximum atomic E-state index is 8.00.